The number of unbranched alkanes of at least 4 members (excludes halogenated alkanes) is 2. The van der Waals surface area contributed by atoms with E-state index in [1.54, 1.807) is 142 Å². The monoisotopic (exact) mass is 1990 g/mol. The van der Waals surface area contributed by atoms with Crippen molar-refractivity contribution < 1.29 is 111 Å². The van der Waals surface area contributed by atoms with Gasteiger partial charge in [0.1, 0.15) is 64.0 Å². The highest BCUT2D eigenvalue weighted by molar-refractivity contribution is 6.31. The zero-order chi connectivity index (χ0) is 103. The third kappa shape index (κ3) is 32.2. The lowest BCUT2D eigenvalue weighted by Gasteiger charge is -2.32. The van der Waals surface area contributed by atoms with Crippen LogP contribution in [0.5, 0.6) is 23.0 Å². The van der Waals surface area contributed by atoms with Crippen molar-refractivity contribution in [3.63, 3.8) is 0 Å². The SMILES string of the molecule is C.C.C[C@@H]1CC(=O)[C@@H](N(C)C(=O)[C@H](CCCCN)CC(=O)c2ccc(-c3ccc(Cl)cc3)cc2)c2ccc(O)c(c2)-c2cc(ccc2O)C[C@@H](C(=O)C[C@@H](C)C(=O)N[C@H]2CCNC2=O)NC1=O.C[C@@H]1CC(=O)[C@@H](N(C)C(=O)[C@H](CCCCNC(=O)OC(C)(C)C)CC(=O)c2ccc(-c3ccc(Cl)cc3)cc2)c2ccc(OC(=O)OC(C)(C)C)c(c2)-c2cc(ccc2OC(=O)OC(C)(C)C)C[C@@H](C(=O)O)NC1=O. The molecule has 0 spiro atoms. The molecule has 11 rings (SSSR count). The number of Topliss-reactive ketones (excluding diaryl/α,β-unsaturated/α-hetero) is 5. The van der Waals surface area contributed by atoms with Crippen molar-refractivity contribution in [3.8, 4) is 67.5 Å². The average Bonchev–Trinajstić information content (AvgIpc) is 0.826. The van der Waals surface area contributed by atoms with Gasteiger partial charge in [0, 0.05) is 139 Å². The van der Waals surface area contributed by atoms with E-state index in [0.29, 0.717) is 89.5 Å². The number of nitrogens with two attached hydrogens (primary N) is 1. The Hall–Kier alpha value is -13.7. The number of likely N-dealkylation sites (N-methyl/N-ethyl adjacent to an activating group) is 2. The fourth-order valence-electron chi connectivity index (χ4n) is 16.7. The first kappa shape index (κ1) is 114. The Balaban J connectivity index is 0.000000346. The predicted molar refractivity (Wildman–Crippen MR) is 540 cm³/mol. The van der Waals surface area contributed by atoms with Gasteiger partial charge in [0.15, 0.2) is 28.9 Å². The average molecular weight is 1990 g/mol. The fourth-order valence-corrected chi connectivity index (χ4v) is 16.9. The molecule has 0 saturated carbocycles. The Morgan fingerprint density at radius 1 is 0.486 bits per heavy atom. The summed E-state index contributed by atoms with van der Waals surface area (Å²) in [6, 6.07) is 40.0. The van der Waals surface area contributed by atoms with Crippen LogP contribution in [0.2, 0.25) is 10.0 Å². The number of phenolic OH excluding ortho intramolecular Hbond substituents is 2. The molecule has 3 heterocycles. The first-order valence-corrected chi connectivity index (χ1v) is 47.5. The van der Waals surface area contributed by atoms with Gasteiger partial charge in [-0.3, -0.25) is 52.7 Å². The minimum Gasteiger partial charge on any atom is -0.507 e. The van der Waals surface area contributed by atoms with Crippen molar-refractivity contribution in [2.75, 3.05) is 33.7 Å². The number of alkyl carbamates (subject to hydrolysis) is 1. The molecule has 1 saturated heterocycles. The van der Waals surface area contributed by atoms with Crippen molar-refractivity contribution in [2.45, 2.75) is 235 Å². The van der Waals surface area contributed by atoms with Gasteiger partial charge in [-0.1, -0.05) is 169 Å². The van der Waals surface area contributed by atoms with E-state index in [1.807, 2.05) is 36.4 Å². The smallest absolute Gasteiger partial charge is 0.507 e. The molecule has 7 amide bonds. The number of rotatable bonds is 29. The van der Waals surface area contributed by atoms with E-state index < -0.39 is 154 Å². The molecular formula is C109H132Cl2N8O23. The van der Waals surface area contributed by atoms with Gasteiger partial charge in [-0.2, -0.15) is 0 Å². The van der Waals surface area contributed by atoms with Crippen LogP contribution in [0.15, 0.2) is 170 Å². The lowest BCUT2D eigenvalue weighted by Crippen LogP contribution is -2.47. The first-order valence-electron chi connectivity index (χ1n) is 46.7. The predicted octanol–water partition coefficient (Wildman–Crippen LogP) is 18.2. The van der Waals surface area contributed by atoms with Crippen molar-refractivity contribution in [2.24, 2.45) is 35.3 Å². The van der Waals surface area contributed by atoms with Gasteiger partial charge < -0.3 is 81.1 Å². The van der Waals surface area contributed by atoms with E-state index in [4.69, 9.17) is 52.6 Å². The van der Waals surface area contributed by atoms with Crippen LogP contribution in [0.3, 0.4) is 0 Å². The van der Waals surface area contributed by atoms with Gasteiger partial charge in [-0.25, -0.2) is 19.2 Å². The summed E-state index contributed by atoms with van der Waals surface area (Å²) < 4.78 is 27.9. The Morgan fingerprint density at radius 3 is 1.32 bits per heavy atom. The van der Waals surface area contributed by atoms with Crippen molar-refractivity contribution in [3.05, 3.63) is 213 Å². The standard InChI is InChI=1S/C57H68ClN3O14.C50H56ClN5O9.2CH4/c1-33-28-45(63)48(61(11)50(65)39(14-12-13-27-59-52(68)73-55(2,3)4)32-44(62)37-18-16-35(17-19-37)36-20-23-40(58)24-21-36)38-22-26-47(72-54(70)75-57(8,9)10)42(31-38)41-29-34(30-43(51(66)67)60-49(33)64)15-25-46(41)71-53(69)74-56(5,6)7;1-28(47(62)54-39-19-21-53-49(39)64)22-44(60)40-25-30-7-17-41(57)37(24-30)38-26-34(14-18-42(38)58)46(45(61)23-29(2)48(63)55-40)56(3)50(65)35(6-4-5-20-52)27-43(59)33-10-8-31(9-11-33)32-12-15-36(51)16-13-32;;/h15-26,29,31,33,39,43,48H,12-14,27-28,30,32H2,1-11H3,(H,59,68)(H,60,64)(H,66,67);7-18,24,26,28-29,35,39-40,46,57-58H,4-6,19-23,25,27,52H2,1-3H3,(H,53,64)(H,54,62)(H,55,63);2*1H4/t33-,39-,43+,48+;28-,29-,35-,39+,40+,46+;;/m11../s1. The van der Waals surface area contributed by atoms with E-state index in [9.17, 15) is 82.4 Å². The topological polar surface area (TPSA) is 456 Å². The summed E-state index contributed by atoms with van der Waals surface area (Å²) in [7, 11) is 2.87. The van der Waals surface area contributed by atoms with E-state index in [0.717, 1.165) is 22.3 Å². The van der Waals surface area contributed by atoms with Crippen molar-refractivity contribution >= 4 is 112 Å². The highest BCUT2D eigenvalue weighted by atomic mass is 35.5. The minimum absolute atomic E-state index is 0. The number of aliphatic carboxylic acids is 1. The number of benzene rings is 8. The molecule has 0 aromatic heterocycles. The van der Waals surface area contributed by atoms with Gasteiger partial charge in [0.2, 0.25) is 35.4 Å². The molecule has 8 aromatic carbocycles. The van der Waals surface area contributed by atoms with E-state index in [1.165, 1.54) is 98.4 Å². The Bertz CT molecular complexity index is 5910. The number of ether oxygens (including phenoxy) is 5. The number of carbonyl (C=O) groups is 15. The molecule has 0 radical (unpaired) electrons. The molecule has 10 atom stereocenters. The lowest BCUT2D eigenvalue weighted by molar-refractivity contribution is -0.144. The van der Waals surface area contributed by atoms with Crippen LogP contribution in [0, 0.1) is 29.6 Å². The number of ketones is 5. The Kier molecular flexibility index (Phi) is 40.5. The molecular weight excluding hydrogens is 1860 g/mol. The van der Waals surface area contributed by atoms with E-state index in [-0.39, 0.29) is 135 Å². The molecule has 3 aliphatic heterocycles. The minimum atomic E-state index is -1.49. The zero-order valence-electron chi connectivity index (χ0n) is 81.2. The molecule has 10 N–H and O–H groups in total. The van der Waals surface area contributed by atoms with Gasteiger partial charge >= 0.3 is 24.4 Å². The fraction of sp³-hybridized carbons (Fsp3) is 0.422. The van der Waals surface area contributed by atoms with Crippen LogP contribution in [0.4, 0.5) is 14.4 Å². The Morgan fingerprint density at radius 2 is 0.880 bits per heavy atom. The molecule has 33 heteroatoms. The maximum absolute atomic E-state index is 15.2. The second-order valence-corrected chi connectivity index (χ2v) is 39.7. The summed E-state index contributed by atoms with van der Waals surface area (Å²) in [5, 5.41) is 47.2. The number of phenols is 2. The number of aromatic hydroxyl groups is 2. The van der Waals surface area contributed by atoms with Gasteiger partial charge in [-0.05, 0) is 225 Å². The first-order chi connectivity index (χ1) is 66.0. The molecule has 0 aliphatic carbocycles. The molecule has 1 fully saturated rings. The molecule has 142 heavy (non-hydrogen) atoms. The summed E-state index contributed by atoms with van der Waals surface area (Å²) in [6.45, 7) is 20.6. The van der Waals surface area contributed by atoms with Crippen LogP contribution in [-0.2, 0) is 75.0 Å². The van der Waals surface area contributed by atoms with Crippen LogP contribution in [0.25, 0.3) is 44.5 Å². The van der Waals surface area contributed by atoms with Crippen LogP contribution in [-0.4, -0.2) is 183 Å². The molecule has 3 aliphatic rings. The number of hydrogen-bond acceptors (Lipinski definition) is 23. The molecule has 760 valence electrons. The molecule has 8 bridgehead atoms. The third-order valence-electron chi connectivity index (χ3n) is 24.0. The maximum atomic E-state index is 15.2. The van der Waals surface area contributed by atoms with E-state index >= 15 is 4.79 Å². The normalized spacial score (nSPS) is 17.7. The number of nitrogens with one attached hydrogen (secondary N) is 5. The van der Waals surface area contributed by atoms with Crippen LogP contribution < -0.4 is 41.8 Å². The second kappa shape index (κ2) is 50.6. The number of carboxylic acids is 1. The highest BCUT2D eigenvalue weighted by Crippen LogP contribution is 2.44. The van der Waals surface area contributed by atoms with Crippen molar-refractivity contribution in [1.29, 1.82) is 0 Å². The summed E-state index contributed by atoms with van der Waals surface area (Å²) >= 11 is 12.2. The second-order valence-electron chi connectivity index (χ2n) is 38.8. The summed E-state index contributed by atoms with van der Waals surface area (Å²) in [4.78, 5) is 208. The molecule has 8 aromatic rings. The lowest BCUT2D eigenvalue weighted by atomic mass is 9.87. The maximum Gasteiger partial charge on any atom is 0.514 e. The van der Waals surface area contributed by atoms with E-state index in [2.05, 4.69) is 26.6 Å². The number of fused-ring (bicyclic) bond motifs is 10. The highest BCUT2D eigenvalue weighted by Gasteiger charge is 2.41. The quantitative estimate of drug-likeness (QED) is 0.00691. The zero-order valence-corrected chi connectivity index (χ0v) is 82.7. The molecule has 0 unspecified atom stereocenters. The largest absolute Gasteiger partial charge is 0.514 e. The third-order valence-corrected chi connectivity index (χ3v) is 24.5. The van der Waals surface area contributed by atoms with Crippen LogP contribution >= 0.6 is 23.2 Å². The summed E-state index contributed by atoms with van der Waals surface area (Å²) in [6.07, 6.45) is -1.86. The molecule has 31 nitrogen and oxygen atoms in total. The number of hydrogen-bond donors (Lipinski definition) is 9. The van der Waals surface area contributed by atoms with Crippen molar-refractivity contribution in [1.82, 2.24) is 36.4 Å². The van der Waals surface area contributed by atoms with Gasteiger partial charge in [-0.15, -0.1) is 0 Å². The number of amides is 7. The van der Waals surface area contributed by atoms with Gasteiger partial charge in [0.05, 0.1) is 6.04 Å². The summed E-state index contributed by atoms with van der Waals surface area (Å²) in [5.41, 5.74) is 9.16. The number of carbonyl (C=O) groups excluding carboxylic acids is 14. The number of nitrogens with zero attached hydrogens (tertiary/aromatic N) is 2. The van der Waals surface area contributed by atoms with Crippen LogP contribution in [0.1, 0.15) is 230 Å². The number of halogens is 2. The Labute approximate surface area is 839 Å². The van der Waals surface area contributed by atoms with Gasteiger partial charge in [0.25, 0.3) is 0 Å². The summed E-state index contributed by atoms with van der Waals surface area (Å²) in [5.74, 6) is -12.3. The number of carboxylic acid groups (broad SMARTS) is 1.